The molecule has 0 bridgehead atoms. The van der Waals surface area contributed by atoms with Crippen LogP contribution in [-0.2, 0) is 0 Å². The quantitative estimate of drug-likeness (QED) is 0.422. The summed E-state index contributed by atoms with van der Waals surface area (Å²) in [6.07, 6.45) is 16.4. The summed E-state index contributed by atoms with van der Waals surface area (Å²) in [7, 11) is -0.600. The van der Waals surface area contributed by atoms with E-state index in [4.69, 9.17) is 0 Å². The summed E-state index contributed by atoms with van der Waals surface area (Å²) >= 11 is 0. The molecule has 108 valence electrons. The Hall–Kier alpha value is -1.91. The van der Waals surface area contributed by atoms with E-state index >= 15 is 0 Å². The Balaban J connectivity index is 3.48. The zero-order valence-electron chi connectivity index (χ0n) is 12.9. The van der Waals surface area contributed by atoms with Gasteiger partial charge in [0.2, 0.25) is 0 Å². The summed E-state index contributed by atoms with van der Waals surface area (Å²) in [5.41, 5.74) is 0. The van der Waals surface area contributed by atoms with Gasteiger partial charge >= 0.3 is 0 Å². The molecule has 1 heteroatoms. The van der Waals surface area contributed by atoms with Crippen LogP contribution >= 0.6 is 7.92 Å². The molecule has 0 spiro atoms. The predicted molar refractivity (Wildman–Crippen MR) is 99.2 cm³/mol. The van der Waals surface area contributed by atoms with Crippen LogP contribution in [0.4, 0.5) is 0 Å². The van der Waals surface area contributed by atoms with Crippen molar-refractivity contribution in [2.24, 2.45) is 0 Å². The van der Waals surface area contributed by atoms with Crippen molar-refractivity contribution in [1.29, 1.82) is 0 Å². The SMILES string of the molecule is C=C/C=C(\C=C/C)P(C(/C=C\C)=C/C=C)c1ccccc1. The average molecular weight is 294 g/mol. The van der Waals surface area contributed by atoms with Crippen LogP contribution in [0.2, 0.25) is 0 Å². The molecule has 0 aromatic heterocycles. The zero-order valence-corrected chi connectivity index (χ0v) is 13.8. The highest BCUT2D eigenvalue weighted by Crippen LogP contribution is 2.52. The first-order valence-corrected chi connectivity index (χ1v) is 8.38. The Kier molecular flexibility index (Phi) is 8.09. The van der Waals surface area contributed by atoms with E-state index in [1.54, 1.807) is 0 Å². The minimum atomic E-state index is -0.600. The lowest BCUT2D eigenvalue weighted by Gasteiger charge is -2.21. The summed E-state index contributed by atoms with van der Waals surface area (Å²) in [6.45, 7) is 11.8. The molecule has 0 unspecified atom stereocenters. The Labute approximate surface area is 130 Å². The van der Waals surface area contributed by atoms with Gasteiger partial charge in [-0.2, -0.15) is 0 Å². The minimum absolute atomic E-state index is 0.600. The first kappa shape index (κ1) is 17.1. The van der Waals surface area contributed by atoms with Crippen molar-refractivity contribution in [3.63, 3.8) is 0 Å². The Morgan fingerprint density at radius 1 is 0.857 bits per heavy atom. The molecule has 1 rings (SSSR count). The molecule has 0 aliphatic heterocycles. The van der Waals surface area contributed by atoms with Crippen molar-refractivity contribution < 1.29 is 0 Å². The van der Waals surface area contributed by atoms with Crippen molar-refractivity contribution in [2.45, 2.75) is 13.8 Å². The van der Waals surface area contributed by atoms with Crippen molar-refractivity contribution >= 4 is 13.2 Å². The monoisotopic (exact) mass is 294 g/mol. The van der Waals surface area contributed by atoms with Crippen LogP contribution in [0.1, 0.15) is 13.8 Å². The third-order valence-corrected chi connectivity index (χ3v) is 5.23. The first-order chi connectivity index (χ1) is 10.3. The molecule has 0 nitrogen and oxygen atoms in total. The van der Waals surface area contributed by atoms with Crippen LogP contribution < -0.4 is 5.30 Å². The number of hydrogen-bond donors (Lipinski definition) is 0. The van der Waals surface area contributed by atoms with Gasteiger partial charge in [-0.3, -0.25) is 0 Å². The third-order valence-electron chi connectivity index (χ3n) is 2.78. The fraction of sp³-hybridized carbons (Fsp3) is 0.100. The minimum Gasteiger partial charge on any atom is -0.0990 e. The van der Waals surface area contributed by atoms with Gasteiger partial charge in [0.1, 0.15) is 0 Å². The van der Waals surface area contributed by atoms with E-state index in [1.807, 2.05) is 26.0 Å². The van der Waals surface area contributed by atoms with Gasteiger partial charge in [-0.1, -0.05) is 92.1 Å². The lowest BCUT2D eigenvalue weighted by atomic mass is 10.4. The van der Waals surface area contributed by atoms with Crippen molar-refractivity contribution in [2.75, 3.05) is 0 Å². The molecular weight excluding hydrogens is 271 g/mol. The van der Waals surface area contributed by atoms with Crippen LogP contribution in [0.5, 0.6) is 0 Å². The Morgan fingerprint density at radius 2 is 1.33 bits per heavy atom. The molecule has 0 aliphatic carbocycles. The van der Waals surface area contributed by atoms with Crippen molar-refractivity contribution in [1.82, 2.24) is 0 Å². The van der Waals surface area contributed by atoms with E-state index in [1.165, 1.54) is 15.9 Å². The van der Waals surface area contributed by atoms with E-state index in [-0.39, 0.29) is 0 Å². The Bertz CT molecular complexity index is 537. The summed E-state index contributed by atoms with van der Waals surface area (Å²) in [5, 5.41) is 3.88. The molecule has 0 atom stereocenters. The molecule has 0 radical (unpaired) electrons. The molecule has 0 fully saturated rings. The molecule has 0 saturated carbocycles. The van der Waals surface area contributed by atoms with Crippen LogP contribution in [-0.4, -0.2) is 0 Å². The summed E-state index contributed by atoms with van der Waals surface area (Å²) < 4.78 is 0. The maximum absolute atomic E-state index is 3.85. The highest BCUT2D eigenvalue weighted by Gasteiger charge is 2.16. The Morgan fingerprint density at radius 3 is 1.71 bits per heavy atom. The smallest absolute Gasteiger partial charge is 0.0135 e. The van der Waals surface area contributed by atoms with Crippen molar-refractivity contribution in [3.8, 4) is 0 Å². The highest BCUT2D eigenvalue weighted by atomic mass is 31.1. The molecule has 21 heavy (non-hydrogen) atoms. The lowest BCUT2D eigenvalue weighted by molar-refractivity contribution is 1.67. The van der Waals surface area contributed by atoms with Gasteiger partial charge in [0.15, 0.2) is 0 Å². The second-order valence-corrected chi connectivity index (χ2v) is 6.55. The second-order valence-electron chi connectivity index (χ2n) is 4.33. The third kappa shape index (κ3) is 5.17. The van der Waals surface area contributed by atoms with Crippen molar-refractivity contribution in [3.05, 3.63) is 103 Å². The molecule has 0 saturated heterocycles. The number of allylic oxidation sites excluding steroid dienone is 10. The van der Waals surface area contributed by atoms with E-state index < -0.39 is 7.92 Å². The molecule has 1 aromatic rings. The van der Waals surface area contributed by atoms with E-state index in [2.05, 4.69) is 79.9 Å². The summed E-state index contributed by atoms with van der Waals surface area (Å²) in [4.78, 5) is 0. The topological polar surface area (TPSA) is 0 Å². The fourth-order valence-electron chi connectivity index (χ4n) is 2.02. The van der Waals surface area contributed by atoms with Crippen LogP contribution in [0.15, 0.2) is 103 Å². The fourth-order valence-corrected chi connectivity index (χ4v) is 4.49. The number of rotatable bonds is 7. The van der Waals surface area contributed by atoms with Crippen LogP contribution in [0, 0.1) is 0 Å². The van der Waals surface area contributed by atoms with Crippen LogP contribution in [0.25, 0.3) is 0 Å². The summed E-state index contributed by atoms with van der Waals surface area (Å²) in [6, 6.07) is 10.6. The van der Waals surface area contributed by atoms with Gasteiger partial charge in [0.25, 0.3) is 0 Å². The van der Waals surface area contributed by atoms with Crippen LogP contribution in [0.3, 0.4) is 0 Å². The number of benzene rings is 1. The molecule has 0 amide bonds. The van der Waals surface area contributed by atoms with Gasteiger partial charge in [0, 0.05) is 0 Å². The van der Waals surface area contributed by atoms with Gasteiger partial charge in [-0.25, -0.2) is 0 Å². The zero-order chi connectivity index (χ0) is 15.5. The molecule has 0 aliphatic rings. The molecular formula is C20H23P. The molecule has 1 aromatic carbocycles. The molecule has 0 N–H and O–H groups in total. The van der Waals surface area contributed by atoms with Gasteiger partial charge in [0.05, 0.1) is 0 Å². The van der Waals surface area contributed by atoms with E-state index in [0.29, 0.717) is 0 Å². The standard InChI is InChI=1S/C20H23P/c1-5-12-18(13-6-2)21(19(14-7-3)15-8-4)20-16-10-9-11-17-20/h5-17H,1,3H2,2,4H3/b13-6-,15-8-,18-12+,19-14+. The van der Waals surface area contributed by atoms with Gasteiger partial charge in [-0.15, -0.1) is 0 Å². The van der Waals surface area contributed by atoms with E-state index in [9.17, 15) is 0 Å². The maximum atomic E-state index is 3.85. The maximum Gasteiger partial charge on any atom is -0.0135 e. The second kappa shape index (κ2) is 9.91. The first-order valence-electron chi connectivity index (χ1n) is 7.04. The van der Waals surface area contributed by atoms with Gasteiger partial charge in [-0.05, 0) is 37.7 Å². The summed E-state index contributed by atoms with van der Waals surface area (Å²) in [5.74, 6) is 0. The lowest BCUT2D eigenvalue weighted by Crippen LogP contribution is -2.02. The normalized spacial score (nSPS) is 14.6. The largest absolute Gasteiger partial charge is 0.0990 e. The van der Waals surface area contributed by atoms with Gasteiger partial charge < -0.3 is 0 Å². The molecule has 0 heterocycles. The average Bonchev–Trinajstić information content (AvgIpc) is 2.49. The van der Waals surface area contributed by atoms with E-state index in [0.717, 1.165) is 0 Å². The number of hydrogen-bond acceptors (Lipinski definition) is 0. The highest BCUT2D eigenvalue weighted by molar-refractivity contribution is 7.74. The predicted octanol–water partition coefficient (Wildman–Crippen LogP) is 6.09.